The van der Waals surface area contributed by atoms with Crippen LogP contribution in [-0.2, 0) is 6.61 Å². The normalized spacial score (nSPS) is 10.7. The molecule has 0 amide bonds. The molecule has 4 rings (SSSR count). The van der Waals surface area contributed by atoms with E-state index in [4.69, 9.17) is 4.74 Å². The van der Waals surface area contributed by atoms with Gasteiger partial charge in [0, 0.05) is 11.8 Å². The second-order valence-electron chi connectivity index (χ2n) is 6.13. The van der Waals surface area contributed by atoms with Gasteiger partial charge in [0.25, 0.3) is 0 Å². The zero-order valence-corrected chi connectivity index (χ0v) is 14.8. The van der Waals surface area contributed by atoms with Crippen LogP contribution in [0, 0.1) is 6.92 Å². The number of aryl methyl sites for hydroxylation is 1. The number of aromatic amines is 1. The smallest absolute Gasteiger partial charge is 0.185 e. The van der Waals surface area contributed by atoms with E-state index in [0.29, 0.717) is 35.3 Å². The summed E-state index contributed by atoms with van der Waals surface area (Å²) >= 11 is 0. The van der Waals surface area contributed by atoms with Crippen LogP contribution >= 0.6 is 0 Å². The molecule has 0 radical (unpaired) electrons. The fourth-order valence-corrected chi connectivity index (χ4v) is 2.70. The lowest BCUT2D eigenvalue weighted by Crippen LogP contribution is -1.95. The number of hydrogen-bond donors (Lipinski definition) is 2. The van der Waals surface area contributed by atoms with Gasteiger partial charge in [-0.25, -0.2) is 9.97 Å². The lowest BCUT2D eigenvalue weighted by molar-refractivity contribution is 0.304. The molecule has 0 aliphatic heterocycles. The van der Waals surface area contributed by atoms with Crippen LogP contribution in [0.1, 0.15) is 11.3 Å². The molecule has 6 heteroatoms. The maximum Gasteiger partial charge on any atom is 0.185 e. The van der Waals surface area contributed by atoms with E-state index in [1.165, 1.54) is 0 Å². The Balaban J connectivity index is 1.53. The van der Waals surface area contributed by atoms with Crippen molar-refractivity contribution in [1.29, 1.82) is 0 Å². The van der Waals surface area contributed by atoms with E-state index in [-0.39, 0.29) is 5.75 Å². The molecule has 6 nitrogen and oxygen atoms in total. The van der Waals surface area contributed by atoms with Crippen molar-refractivity contribution in [3.63, 3.8) is 0 Å². The molecule has 0 unspecified atom stereocenters. The van der Waals surface area contributed by atoms with Crippen molar-refractivity contribution in [2.24, 2.45) is 0 Å². The van der Waals surface area contributed by atoms with Gasteiger partial charge < -0.3 is 9.84 Å². The Morgan fingerprint density at radius 1 is 0.963 bits per heavy atom. The Labute approximate surface area is 156 Å². The van der Waals surface area contributed by atoms with Crippen molar-refractivity contribution >= 4 is 0 Å². The highest BCUT2D eigenvalue weighted by Crippen LogP contribution is 2.31. The number of aromatic hydroxyl groups is 1. The van der Waals surface area contributed by atoms with Crippen LogP contribution in [0.3, 0.4) is 0 Å². The zero-order valence-electron chi connectivity index (χ0n) is 14.8. The number of phenolic OH excluding ortho intramolecular Hbond substituents is 1. The van der Waals surface area contributed by atoms with Gasteiger partial charge in [0.15, 0.2) is 11.6 Å². The number of aromatic nitrogens is 4. The lowest BCUT2D eigenvalue weighted by atomic mass is 10.2. The predicted molar refractivity (Wildman–Crippen MR) is 102 cm³/mol. The lowest BCUT2D eigenvalue weighted by Gasteiger charge is -2.08. The van der Waals surface area contributed by atoms with Gasteiger partial charge in [0.1, 0.15) is 23.8 Å². The first-order valence-corrected chi connectivity index (χ1v) is 8.55. The zero-order chi connectivity index (χ0) is 18.6. The average molecular weight is 358 g/mol. The van der Waals surface area contributed by atoms with Gasteiger partial charge >= 0.3 is 0 Å². The molecular weight excluding hydrogens is 340 g/mol. The third kappa shape index (κ3) is 3.79. The average Bonchev–Trinajstić information content (AvgIpc) is 3.17. The van der Waals surface area contributed by atoms with Gasteiger partial charge in [-0.05, 0) is 36.8 Å². The van der Waals surface area contributed by atoms with Crippen molar-refractivity contribution in [2.75, 3.05) is 0 Å². The molecule has 4 aromatic rings. The van der Waals surface area contributed by atoms with Crippen molar-refractivity contribution in [1.82, 2.24) is 20.2 Å². The van der Waals surface area contributed by atoms with Gasteiger partial charge in [-0.15, -0.1) is 0 Å². The quantitative estimate of drug-likeness (QED) is 0.560. The maximum atomic E-state index is 10.4. The van der Waals surface area contributed by atoms with Crippen LogP contribution in [-0.4, -0.2) is 25.3 Å². The Morgan fingerprint density at radius 3 is 2.59 bits per heavy atom. The standard InChI is InChI=1S/C21H18N4O2/c1-14-6-5-9-18(22-14)21-23-20(24-25-21)17-11-10-16(12-19(17)26)27-13-15-7-3-2-4-8-15/h2-12,26H,13H2,1H3,(H,23,24,25). The molecule has 2 N–H and O–H groups in total. The monoisotopic (exact) mass is 358 g/mol. The number of ether oxygens (including phenoxy) is 1. The number of H-pyrrole nitrogens is 1. The number of hydrogen-bond acceptors (Lipinski definition) is 5. The molecule has 0 aliphatic carbocycles. The molecule has 2 aromatic heterocycles. The number of nitrogens with one attached hydrogen (secondary N) is 1. The Kier molecular flexibility index (Phi) is 4.53. The van der Waals surface area contributed by atoms with Gasteiger partial charge in [-0.2, -0.15) is 5.10 Å². The second-order valence-corrected chi connectivity index (χ2v) is 6.13. The molecule has 0 fully saturated rings. The van der Waals surface area contributed by atoms with E-state index in [1.807, 2.05) is 55.5 Å². The van der Waals surface area contributed by atoms with E-state index >= 15 is 0 Å². The second kappa shape index (κ2) is 7.29. The molecule has 0 aliphatic rings. The Bertz CT molecular complexity index is 1060. The first-order chi connectivity index (χ1) is 13.2. The molecular formula is C21H18N4O2. The van der Waals surface area contributed by atoms with Crippen LogP contribution in [0.4, 0.5) is 0 Å². The highest BCUT2D eigenvalue weighted by molar-refractivity contribution is 5.66. The highest BCUT2D eigenvalue weighted by atomic mass is 16.5. The van der Waals surface area contributed by atoms with Gasteiger partial charge in [-0.1, -0.05) is 36.4 Å². The van der Waals surface area contributed by atoms with E-state index in [9.17, 15) is 5.11 Å². The van der Waals surface area contributed by atoms with Crippen molar-refractivity contribution in [3.05, 3.63) is 78.0 Å². The maximum absolute atomic E-state index is 10.4. The van der Waals surface area contributed by atoms with Crippen LogP contribution in [0.5, 0.6) is 11.5 Å². The number of nitrogens with zero attached hydrogens (tertiary/aromatic N) is 3. The third-order valence-electron chi connectivity index (χ3n) is 4.07. The Hall–Kier alpha value is -3.67. The molecule has 0 saturated heterocycles. The number of phenols is 1. The summed E-state index contributed by atoms with van der Waals surface area (Å²) in [6.45, 7) is 2.35. The summed E-state index contributed by atoms with van der Waals surface area (Å²) in [5, 5.41) is 17.4. The summed E-state index contributed by atoms with van der Waals surface area (Å²) < 4.78 is 5.73. The van der Waals surface area contributed by atoms with Gasteiger partial charge in [0.2, 0.25) is 0 Å². The third-order valence-corrected chi connectivity index (χ3v) is 4.07. The number of pyridine rings is 1. The minimum atomic E-state index is 0.0586. The SMILES string of the molecule is Cc1cccc(-c2nc(-c3ccc(OCc4ccccc4)cc3O)n[nH]2)n1. The molecule has 134 valence electrons. The van der Waals surface area contributed by atoms with E-state index in [0.717, 1.165) is 11.3 Å². The fourth-order valence-electron chi connectivity index (χ4n) is 2.70. The van der Waals surface area contributed by atoms with Gasteiger partial charge in [0.05, 0.1) is 5.56 Å². The highest BCUT2D eigenvalue weighted by Gasteiger charge is 2.13. The topological polar surface area (TPSA) is 83.9 Å². The molecule has 2 heterocycles. The summed E-state index contributed by atoms with van der Waals surface area (Å²) in [7, 11) is 0. The molecule has 0 spiro atoms. The first kappa shape index (κ1) is 16.8. The number of rotatable bonds is 5. The van der Waals surface area contributed by atoms with Crippen LogP contribution in [0.2, 0.25) is 0 Å². The molecule has 0 bridgehead atoms. The van der Waals surface area contributed by atoms with Gasteiger partial charge in [-0.3, -0.25) is 5.10 Å². The van der Waals surface area contributed by atoms with Crippen LogP contribution < -0.4 is 4.74 Å². The molecule has 0 saturated carbocycles. The minimum absolute atomic E-state index is 0.0586. The molecule has 2 aromatic carbocycles. The van der Waals surface area contributed by atoms with E-state index in [2.05, 4.69) is 20.2 Å². The van der Waals surface area contributed by atoms with Crippen molar-refractivity contribution in [3.8, 4) is 34.4 Å². The summed E-state index contributed by atoms with van der Waals surface area (Å²) in [6, 6.07) is 20.7. The predicted octanol–water partition coefficient (Wildman–Crippen LogP) is 4.13. The summed E-state index contributed by atoms with van der Waals surface area (Å²) in [5.74, 6) is 1.59. The fraction of sp³-hybridized carbons (Fsp3) is 0.0952. The summed E-state index contributed by atoms with van der Waals surface area (Å²) in [5.41, 5.74) is 3.19. The largest absolute Gasteiger partial charge is 0.507 e. The summed E-state index contributed by atoms with van der Waals surface area (Å²) in [4.78, 5) is 8.87. The van der Waals surface area contributed by atoms with E-state index < -0.39 is 0 Å². The van der Waals surface area contributed by atoms with Crippen LogP contribution in [0.15, 0.2) is 66.7 Å². The molecule has 0 atom stereocenters. The Morgan fingerprint density at radius 2 is 1.81 bits per heavy atom. The van der Waals surface area contributed by atoms with Crippen molar-refractivity contribution in [2.45, 2.75) is 13.5 Å². The number of benzene rings is 2. The minimum Gasteiger partial charge on any atom is -0.507 e. The van der Waals surface area contributed by atoms with E-state index in [1.54, 1.807) is 18.2 Å². The van der Waals surface area contributed by atoms with Crippen LogP contribution in [0.25, 0.3) is 22.9 Å². The first-order valence-electron chi connectivity index (χ1n) is 8.55. The summed E-state index contributed by atoms with van der Waals surface area (Å²) in [6.07, 6.45) is 0. The van der Waals surface area contributed by atoms with Crippen molar-refractivity contribution < 1.29 is 9.84 Å². The molecule has 27 heavy (non-hydrogen) atoms.